The Morgan fingerprint density at radius 3 is 2.49 bits per heavy atom. The van der Waals surface area contributed by atoms with Gasteiger partial charge in [-0.1, -0.05) is 33.6 Å². The number of piperidine rings is 1. The van der Waals surface area contributed by atoms with Crippen molar-refractivity contribution in [1.29, 1.82) is 5.26 Å². The van der Waals surface area contributed by atoms with Gasteiger partial charge in [0.2, 0.25) is 17.7 Å². The summed E-state index contributed by atoms with van der Waals surface area (Å²) in [7, 11) is 1.55. The molecule has 1 aliphatic carbocycles. The summed E-state index contributed by atoms with van der Waals surface area (Å²) in [5.74, 6) is -1.49. The molecule has 37 heavy (non-hydrogen) atoms. The monoisotopic (exact) mass is 511 g/mol. The van der Waals surface area contributed by atoms with E-state index in [0.29, 0.717) is 25.3 Å². The molecular weight excluding hydrogens is 474 g/mol. The van der Waals surface area contributed by atoms with Crippen molar-refractivity contribution in [3.8, 4) is 6.07 Å². The molecule has 0 aromatic carbocycles. The van der Waals surface area contributed by atoms with E-state index in [-0.39, 0.29) is 23.9 Å². The van der Waals surface area contributed by atoms with Crippen LogP contribution in [-0.4, -0.2) is 70.2 Å². The van der Waals surface area contributed by atoms with Crippen LogP contribution in [0.2, 0.25) is 0 Å². The van der Waals surface area contributed by atoms with E-state index in [1.54, 1.807) is 7.05 Å². The molecule has 1 aromatic rings. The molecule has 11 heteroatoms. The Kier molecular flexibility index (Phi) is 9.18. The molecule has 2 heterocycles. The number of rotatable bonds is 10. The summed E-state index contributed by atoms with van der Waals surface area (Å²) in [6.07, 6.45) is 8.30. The number of nitrogens with one attached hydrogen (secondary N) is 3. The summed E-state index contributed by atoms with van der Waals surface area (Å²) >= 11 is 0. The second kappa shape index (κ2) is 12.1. The van der Waals surface area contributed by atoms with Gasteiger partial charge in [0.15, 0.2) is 0 Å². The average Bonchev–Trinajstić information content (AvgIpc) is 3.69. The van der Waals surface area contributed by atoms with E-state index in [1.807, 2.05) is 20.8 Å². The van der Waals surface area contributed by atoms with Crippen molar-refractivity contribution < 1.29 is 19.2 Å². The topological polar surface area (TPSA) is 157 Å². The van der Waals surface area contributed by atoms with Crippen LogP contribution in [0.25, 0.3) is 0 Å². The molecule has 1 aliphatic heterocycles. The first kappa shape index (κ1) is 28.0. The first-order valence-electron chi connectivity index (χ1n) is 12.8. The van der Waals surface area contributed by atoms with E-state index >= 15 is 0 Å². The SMILES string of the molecule is CN(C(=O)C(NC(=O)c1cnccn1)C(C)(C)C)C(CC1CC1)C(=O)NC(C#N)CC1CCCNC1=O. The van der Waals surface area contributed by atoms with E-state index in [9.17, 15) is 24.4 Å². The molecule has 11 nitrogen and oxygen atoms in total. The van der Waals surface area contributed by atoms with Crippen molar-refractivity contribution in [1.82, 2.24) is 30.8 Å². The van der Waals surface area contributed by atoms with Gasteiger partial charge in [0.05, 0.1) is 12.3 Å². The zero-order chi connectivity index (χ0) is 27.2. The zero-order valence-corrected chi connectivity index (χ0v) is 22.0. The van der Waals surface area contributed by atoms with Gasteiger partial charge in [-0.15, -0.1) is 0 Å². The molecule has 2 fully saturated rings. The third-order valence-electron chi connectivity index (χ3n) is 6.95. The molecule has 2 aliphatic rings. The molecule has 3 N–H and O–H groups in total. The predicted molar refractivity (Wildman–Crippen MR) is 135 cm³/mol. The number of carbonyl (C=O) groups is 4. The highest BCUT2D eigenvalue weighted by molar-refractivity contribution is 5.97. The first-order valence-corrected chi connectivity index (χ1v) is 12.8. The summed E-state index contributed by atoms with van der Waals surface area (Å²) in [6, 6.07) is -0.489. The Morgan fingerprint density at radius 2 is 1.92 bits per heavy atom. The summed E-state index contributed by atoms with van der Waals surface area (Å²) < 4.78 is 0. The highest BCUT2D eigenvalue weighted by atomic mass is 16.2. The maximum Gasteiger partial charge on any atom is 0.272 e. The lowest BCUT2D eigenvalue weighted by molar-refractivity contribution is -0.142. The fourth-order valence-electron chi connectivity index (χ4n) is 4.49. The summed E-state index contributed by atoms with van der Waals surface area (Å²) in [6.45, 7) is 6.11. The van der Waals surface area contributed by atoms with E-state index < -0.39 is 41.3 Å². The molecule has 0 radical (unpaired) electrons. The van der Waals surface area contributed by atoms with Gasteiger partial charge in [0.25, 0.3) is 5.91 Å². The van der Waals surface area contributed by atoms with Crippen molar-refractivity contribution in [3.63, 3.8) is 0 Å². The van der Waals surface area contributed by atoms with Crippen LogP contribution in [0.5, 0.6) is 0 Å². The Hall–Kier alpha value is -3.55. The summed E-state index contributed by atoms with van der Waals surface area (Å²) in [4.78, 5) is 61.3. The Balaban J connectivity index is 1.74. The second-order valence-electron chi connectivity index (χ2n) is 11.1. The van der Waals surface area contributed by atoms with Gasteiger partial charge in [-0.25, -0.2) is 4.98 Å². The van der Waals surface area contributed by atoms with Crippen LogP contribution in [0.15, 0.2) is 18.6 Å². The number of amides is 4. The van der Waals surface area contributed by atoms with Crippen molar-refractivity contribution in [2.75, 3.05) is 13.6 Å². The zero-order valence-electron chi connectivity index (χ0n) is 22.0. The number of aromatic nitrogens is 2. The number of hydrogen-bond acceptors (Lipinski definition) is 7. The van der Waals surface area contributed by atoms with Crippen molar-refractivity contribution in [3.05, 3.63) is 24.3 Å². The maximum atomic E-state index is 13.7. The van der Waals surface area contributed by atoms with E-state index in [2.05, 4.69) is 32.0 Å². The van der Waals surface area contributed by atoms with Gasteiger partial charge in [0.1, 0.15) is 23.8 Å². The van der Waals surface area contributed by atoms with Crippen LogP contribution in [0.1, 0.15) is 69.8 Å². The first-order chi connectivity index (χ1) is 17.5. The van der Waals surface area contributed by atoms with Gasteiger partial charge in [0, 0.05) is 31.9 Å². The number of nitrogens with zero attached hydrogens (tertiary/aromatic N) is 4. The van der Waals surface area contributed by atoms with Crippen LogP contribution in [0.4, 0.5) is 0 Å². The highest BCUT2D eigenvalue weighted by Crippen LogP contribution is 2.35. The Morgan fingerprint density at radius 1 is 1.19 bits per heavy atom. The third-order valence-corrected chi connectivity index (χ3v) is 6.95. The fraction of sp³-hybridized carbons (Fsp3) is 0.654. The fourth-order valence-corrected chi connectivity index (χ4v) is 4.49. The molecule has 4 unspecified atom stereocenters. The lowest BCUT2D eigenvalue weighted by Gasteiger charge is -2.36. The lowest BCUT2D eigenvalue weighted by atomic mass is 9.85. The van der Waals surface area contributed by atoms with E-state index in [4.69, 9.17) is 0 Å². The van der Waals surface area contributed by atoms with Gasteiger partial charge in [-0.2, -0.15) is 5.26 Å². The number of likely N-dealkylation sites (N-methyl/N-ethyl adjacent to an activating group) is 1. The summed E-state index contributed by atoms with van der Waals surface area (Å²) in [5, 5.41) is 18.0. The summed E-state index contributed by atoms with van der Waals surface area (Å²) in [5.41, 5.74) is -0.573. The van der Waals surface area contributed by atoms with Crippen molar-refractivity contribution in [2.24, 2.45) is 17.3 Å². The molecular formula is C26H37N7O4. The van der Waals surface area contributed by atoms with Gasteiger partial charge < -0.3 is 20.9 Å². The average molecular weight is 512 g/mol. The normalized spacial score (nSPS) is 20.0. The Bertz CT molecular complexity index is 1030. The standard InChI is InChI=1S/C26H37N7O4/c1-26(2,3)21(32-23(35)19-15-28-10-11-29-19)25(37)33(4)20(12-16-7-8-16)24(36)31-18(14-27)13-17-6-5-9-30-22(17)34/h10-11,15-18,20-21H,5-9,12-13H2,1-4H3,(H,30,34)(H,31,36)(H,32,35). The molecule has 0 bridgehead atoms. The smallest absolute Gasteiger partial charge is 0.272 e. The van der Waals surface area contributed by atoms with Crippen LogP contribution in [0.3, 0.4) is 0 Å². The van der Waals surface area contributed by atoms with Gasteiger partial charge in [-0.05, 0) is 37.0 Å². The maximum absolute atomic E-state index is 13.7. The van der Waals surface area contributed by atoms with Crippen LogP contribution in [0, 0.1) is 28.6 Å². The number of nitriles is 1. The number of carbonyl (C=O) groups excluding carboxylic acids is 4. The Labute approximate surface area is 217 Å². The molecule has 0 spiro atoms. The predicted octanol–water partition coefficient (Wildman–Crippen LogP) is 1.17. The van der Waals surface area contributed by atoms with Crippen LogP contribution >= 0.6 is 0 Å². The van der Waals surface area contributed by atoms with E-state index in [1.165, 1.54) is 23.5 Å². The number of hydrogen-bond donors (Lipinski definition) is 3. The van der Waals surface area contributed by atoms with Crippen molar-refractivity contribution in [2.45, 2.75) is 77.4 Å². The second-order valence-corrected chi connectivity index (χ2v) is 11.1. The van der Waals surface area contributed by atoms with Gasteiger partial charge in [-0.3, -0.25) is 24.2 Å². The molecule has 1 aromatic heterocycles. The lowest BCUT2D eigenvalue weighted by Crippen LogP contribution is -2.59. The van der Waals surface area contributed by atoms with Crippen molar-refractivity contribution >= 4 is 23.6 Å². The largest absolute Gasteiger partial charge is 0.356 e. The minimum atomic E-state index is -0.931. The third kappa shape index (κ3) is 7.71. The van der Waals surface area contributed by atoms with Crippen LogP contribution in [-0.2, 0) is 14.4 Å². The molecule has 3 rings (SSSR count). The molecule has 4 amide bonds. The minimum Gasteiger partial charge on any atom is -0.356 e. The highest BCUT2D eigenvalue weighted by Gasteiger charge is 2.41. The molecule has 1 saturated heterocycles. The van der Waals surface area contributed by atoms with Crippen LogP contribution < -0.4 is 16.0 Å². The minimum absolute atomic E-state index is 0.0862. The molecule has 1 saturated carbocycles. The van der Waals surface area contributed by atoms with Gasteiger partial charge >= 0.3 is 0 Å². The quantitative estimate of drug-likeness (QED) is 0.425. The molecule has 200 valence electrons. The van der Waals surface area contributed by atoms with E-state index in [0.717, 1.165) is 19.3 Å². The molecule has 4 atom stereocenters.